The van der Waals surface area contributed by atoms with Gasteiger partial charge in [-0.2, -0.15) is 0 Å². The Morgan fingerprint density at radius 1 is 1.40 bits per heavy atom. The van der Waals surface area contributed by atoms with Crippen molar-refractivity contribution in [1.29, 1.82) is 0 Å². The highest BCUT2D eigenvalue weighted by Gasteiger charge is 2.59. The molecule has 0 saturated heterocycles. The lowest BCUT2D eigenvalue weighted by Crippen LogP contribution is -2.18. The molecular formula is C13H15NO4S2. The van der Waals surface area contributed by atoms with E-state index in [9.17, 15) is 8.42 Å². The second-order valence-corrected chi connectivity index (χ2v) is 7.90. The molecule has 1 fully saturated rings. The first-order valence-corrected chi connectivity index (χ1v) is 8.48. The molecule has 1 aliphatic carbocycles. The van der Waals surface area contributed by atoms with Crippen LogP contribution in [0.3, 0.4) is 0 Å². The number of rotatable bonds is 4. The van der Waals surface area contributed by atoms with E-state index in [4.69, 9.17) is 27.4 Å². The highest BCUT2D eigenvalue weighted by molar-refractivity contribution is 7.92. The monoisotopic (exact) mass is 313 g/mol. The lowest BCUT2D eigenvalue weighted by Gasteiger charge is -2.02. The van der Waals surface area contributed by atoms with Gasteiger partial charge in [-0.3, -0.25) is 0 Å². The highest BCUT2D eigenvalue weighted by atomic mass is 32.2. The van der Waals surface area contributed by atoms with Gasteiger partial charge in [-0.05, 0) is 17.7 Å². The van der Waals surface area contributed by atoms with Crippen LogP contribution in [0.2, 0.25) is 0 Å². The van der Waals surface area contributed by atoms with Crippen molar-refractivity contribution >= 4 is 27.0 Å². The lowest BCUT2D eigenvalue weighted by atomic mass is 10.1. The Hall–Kier alpha value is -1.34. The first kappa shape index (κ1) is 13.6. The lowest BCUT2D eigenvalue weighted by molar-refractivity contribution is 0.174. The quantitative estimate of drug-likeness (QED) is 0.842. The molecule has 1 saturated carbocycles. The van der Waals surface area contributed by atoms with Crippen LogP contribution >= 0.6 is 12.2 Å². The summed E-state index contributed by atoms with van der Waals surface area (Å²) in [6.07, 6.45) is 0. The van der Waals surface area contributed by atoms with Gasteiger partial charge >= 0.3 is 0 Å². The van der Waals surface area contributed by atoms with Crippen LogP contribution in [0.25, 0.3) is 0 Å². The maximum absolute atomic E-state index is 12.1. The minimum absolute atomic E-state index is 0.0951. The van der Waals surface area contributed by atoms with Gasteiger partial charge in [-0.15, -0.1) is 0 Å². The molecule has 1 aromatic carbocycles. The van der Waals surface area contributed by atoms with Gasteiger partial charge in [-0.25, -0.2) is 8.42 Å². The number of hydrogen-bond donors (Lipinski definition) is 1. The van der Waals surface area contributed by atoms with Gasteiger partial charge in [0.05, 0.1) is 10.2 Å². The first-order valence-electron chi connectivity index (χ1n) is 6.36. The highest BCUT2D eigenvalue weighted by Crippen LogP contribution is 2.54. The van der Waals surface area contributed by atoms with Crippen molar-refractivity contribution in [2.45, 2.75) is 18.1 Å². The number of sulfone groups is 1. The Balaban J connectivity index is 1.95. The molecule has 0 aromatic heterocycles. The van der Waals surface area contributed by atoms with E-state index in [0.29, 0.717) is 11.5 Å². The Kier molecular flexibility index (Phi) is 3.13. The number of nitrogens with two attached hydrogens (primary N) is 1. The van der Waals surface area contributed by atoms with Crippen LogP contribution in [0.15, 0.2) is 18.2 Å². The van der Waals surface area contributed by atoms with Crippen LogP contribution < -0.4 is 15.2 Å². The van der Waals surface area contributed by atoms with E-state index in [1.165, 1.54) is 0 Å². The molecule has 3 atom stereocenters. The SMILES string of the molecule is CCS(=O)(=O)[C@@H]1[C@H](C(N)=S)[C@@H]1c1ccc2c(c1)OCO2. The van der Waals surface area contributed by atoms with Crippen LogP contribution in [0.1, 0.15) is 18.4 Å². The summed E-state index contributed by atoms with van der Waals surface area (Å²) in [5, 5.41) is -0.509. The molecule has 0 spiro atoms. The third-order valence-corrected chi connectivity index (χ3v) is 6.37. The van der Waals surface area contributed by atoms with Crippen molar-refractivity contribution in [3.05, 3.63) is 23.8 Å². The van der Waals surface area contributed by atoms with Gasteiger partial charge in [0, 0.05) is 17.6 Å². The summed E-state index contributed by atoms with van der Waals surface area (Å²) in [6.45, 7) is 1.83. The van der Waals surface area contributed by atoms with E-state index in [1.54, 1.807) is 13.0 Å². The van der Waals surface area contributed by atoms with Crippen molar-refractivity contribution in [3.8, 4) is 11.5 Å². The Morgan fingerprint density at radius 2 is 2.10 bits per heavy atom. The molecule has 0 bridgehead atoms. The summed E-state index contributed by atoms with van der Waals surface area (Å²) in [5.41, 5.74) is 6.57. The van der Waals surface area contributed by atoms with Crippen LogP contribution in [0.5, 0.6) is 11.5 Å². The van der Waals surface area contributed by atoms with Crippen molar-refractivity contribution in [2.24, 2.45) is 11.7 Å². The molecule has 3 rings (SSSR count). The molecular weight excluding hydrogens is 298 g/mol. The number of benzene rings is 1. The fourth-order valence-electron chi connectivity index (χ4n) is 2.78. The molecule has 108 valence electrons. The average Bonchev–Trinajstić information content (AvgIpc) is 3.02. The Bertz CT molecular complexity index is 671. The molecule has 2 aliphatic rings. The predicted octanol–water partition coefficient (Wildman–Crippen LogP) is 1.22. The fraction of sp³-hybridized carbons (Fsp3) is 0.462. The van der Waals surface area contributed by atoms with Gasteiger partial charge < -0.3 is 15.2 Å². The zero-order chi connectivity index (χ0) is 14.5. The second kappa shape index (κ2) is 4.60. The summed E-state index contributed by atoms with van der Waals surface area (Å²) >= 11 is 5.01. The molecule has 0 unspecified atom stereocenters. The molecule has 5 nitrogen and oxygen atoms in total. The van der Waals surface area contributed by atoms with E-state index in [-0.39, 0.29) is 29.4 Å². The van der Waals surface area contributed by atoms with Gasteiger partial charge in [0.25, 0.3) is 0 Å². The van der Waals surface area contributed by atoms with E-state index in [1.807, 2.05) is 12.1 Å². The van der Waals surface area contributed by atoms with Crippen molar-refractivity contribution in [2.75, 3.05) is 12.5 Å². The molecule has 1 heterocycles. The van der Waals surface area contributed by atoms with Gasteiger partial charge in [-0.1, -0.05) is 25.2 Å². The number of ether oxygens (including phenoxy) is 2. The van der Waals surface area contributed by atoms with Crippen molar-refractivity contribution < 1.29 is 17.9 Å². The largest absolute Gasteiger partial charge is 0.454 e. The van der Waals surface area contributed by atoms with Crippen LogP contribution in [0, 0.1) is 5.92 Å². The van der Waals surface area contributed by atoms with E-state index >= 15 is 0 Å². The van der Waals surface area contributed by atoms with Crippen molar-refractivity contribution in [3.63, 3.8) is 0 Å². The molecule has 1 aromatic rings. The smallest absolute Gasteiger partial charge is 0.231 e. The van der Waals surface area contributed by atoms with Crippen LogP contribution in [-0.4, -0.2) is 31.2 Å². The van der Waals surface area contributed by atoms with Crippen LogP contribution in [-0.2, 0) is 9.84 Å². The number of thiocarbonyl (C=S) groups is 1. The van der Waals surface area contributed by atoms with Crippen LogP contribution in [0.4, 0.5) is 0 Å². The van der Waals surface area contributed by atoms with Gasteiger partial charge in [0.2, 0.25) is 6.79 Å². The van der Waals surface area contributed by atoms with E-state index in [0.717, 1.165) is 5.56 Å². The Morgan fingerprint density at radius 3 is 2.75 bits per heavy atom. The van der Waals surface area contributed by atoms with Gasteiger partial charge in [0.1, 0.15) is 0 Å². The minimum Gasteiger partial charge on any atom is -0.454 e. The zero-order valence-corrected chi connectivity index (χ0v) is 12.5. The molecule has 1 aliphatic heterocycles. The summed E-state index contributed by atoms with van der Waals surface area (Å²) < 4.78 is 34.8. The second-order valence-electron chi connectivity index (χ2n) is 4.98. The normalized spacial score (nSPS) is 27.4. The molecule has 20 heavy (non-hydrogen) atoms. The predicted molar refractivity (Wildman–Crippen MR) is 78.8 cm³/mol. The van der Waals surface area contributed by atoms with E-state index < -0.39 is 15.1 Å². The first-order chi connectivity index (χ1) is 9.45. The molecule has 2 N–H and O–H groups in total. The molecule has 7 heteroatoms. The third-order valence-electron chi connectivity index (χ3n) is 3.88. The number of fused-ring (bicyclic) bond motifs is 1. The summed E-state index contributed by atoms with van der Waals surface area (Å²) in [6, 6.07) is 5.47. The molecule has 0 radical (unpaired) electrons. The fourth-order valence-corrected chi connectivity index (χ4v) is 4.99. The average molecular weight is 313 g/mol. The topological polar surface area (TPSA) is 78.6 Å². The summed E-state index contributed by atoms with van der Waals surface area (Å²) in [4.78, 5) is 0.259. The summed E-state index contributed by atoms with van der Waals surface area (Å²) in [7, 11) is -3.17. The molecule has 0 amide bonds. The number of hydrogen-bond acceptors (Lipinski definition) is 5. The van der Waals surface area contributed by atoms with Gasteiger partial charge in [0.15, 0.2) is 21.3 Å². The minimum atomic E-state index is -3.17. The van der Waals surface area contributed by atoms with E-state index in [2.05, 4.69) is 0 Å². The standard InChI is InChI=1S/C13H15NO4S2/c1-2-20(15,16)12-10(11(12)13(14)19)7-3-4-8-9(5-7)18-6-17-8/h3-5,10-12H,2,6H2,1H3,(H2,14,19)/t10-,11+,12-/m0/s1. The maximum atomic E-state index is 12.1. The van der Waals surface area contributed by atoms with Crippen molar-refractivity contribution in [1.82, 2.24) is 0 Å². The Labute approximate surface area is 123 Å². The maximum Gasteiger partial charge on any atom is 0.231 e. The zero-order valence-electron chi connectivity index (χ0n) is 10.9. The third kappa shape index (κ3) is 2.05. The summed E-state index contributed by atoms with van der Waals surface area (Å²) in [5.74, 6) is 0.958.